The van der Waals surface area contributed by atoms with Crippen molar-refractivity contribution in [2.24, 2.45) is 0 Å². The lowest BCUT2D eigenvalue weighted by Crippen LogP contribution is -1.97. The molecule has 0 bridgehead atoms. The van der Waals surface area contributed by atoms with Crippen LogP contribution >= 0.6 is 0 Å². The Hall–Kier alpha value is -0.900. The van der Waals surface area contributed by atoms with Crippen LogP contribution in [0.15, 0.2) is 23.4 Å². The molecule has 1 heterocycles. The average Bonchev–Trinajstić information content (AvgIpc) is 1.88. The van der Waals surface area contributed by atoms with Gasteiger partial charge in [0, 0.05) is 12.5 Å². The monoisotopic (exact) mass is 156 g/mol. The van der Waals surface area contributed by atoms with Gasteiger partial charge < -0.3 is 5.73 Å². The van der Waals surface area contributed by atoms with Gasteiger partial charge in [-0.3, -0.25) is 4.21 Å². The molecule has 10 heavy (non-hydrogen) atoms. The normalized spacial score (nSPS) is 12.9. The fourth-order valence-electron chi connectivity index (χ4n) is 0.643. The maximum Gasteiger partial charge on any atom is 0.149 e. The summed E-state index contributed by atoms with van der Waals surface area (Å²) in [6, 6.07) is 3.40. The van der Waals surface area contributed by atoms with Gasteiger partial charge in [-0.05, 0) is 12.1 Å². The second kappa shape index (κ2) is 2.79. The van der Waals surface area contributed by atoms with Crippen molar-refractivity contribution in [3.8, 4) is 0 Å². The van der Waals surface area contributed by atoms with E-state index in [9.17, 15) is 4.21 Å². The Balaban J connectivity index is 3.15. The summed E-state index contributed by atoms with van der Waals surface area (Å²) < 4.78 is 10.8. The molecule has 0 aliphatic rings. The smallest absolute Gasteiger partial charge is 0.149 e. The molecule has 4 heteroatoms. The Morgan fingerprint density at radius 3 is 2.80 bits per heavy atom. The maximum absolute atomic E-state index is 10.8. The average molecular weight is 156 g/mol. The number of nitrogen functional groups attached to an aromatic ring is 1. The van der Waals surface area contributed by atoms with E-state index in [-0.39, 0.29) is 0 Å². The summed E-state index contributed by atoms with van der Waals surface area (Å²) in [6.45, 7) is 0. The summed E-state index contributed by atoms with van der Waals surface area (Å²) in [5.41, 5.74) is 5.96. The Kier molecular flexibility index (Phi) is 2.01. The molecule has 0 saturated carbocycles. The standard InChI is InChI=1S/C6H8N2OS/c1-10(9)6-5(7)3-2-4-8-6/h2-4H,7H2,1H3. The van der Waals surface area contributed by atoms with Crippen LogP contribution in [0.3, 0.4) is 0 Å². The highest BCUT2D eigenvalue weighted by Crippen LogP contribution is 2.09. The summed E-state index contributed by atoms with van der Waals surface area (Å²) in [7, 11) is -1.08. The predicted octanol–water partition coefficient (Wildman–Crippen LogP) is 0.401. The van der Waals surface area contributed by atoms with E-state index in [1.54, 1.807) is 24.6 Å². The van der Waals surface area contributed by atoms with E-state index in [2.05, 4.69) is 4.98 Å². The minimum atomic E-state index is -1.08. The summed E-state index contributed by atoms with van der Waals surface area (Å²) in [5.74, 6) is 0. The van der Waals surface area contributed by atoms with Crippen LogP contribution in [0.2, 0.25) is 0 Å². The van der Waals surface area contributed by atoms with Crippen molar-refractivity contribution in [3.05, 3.63) is 18.3 Å². The molecular weight excluding hydrogens is 148 g/mol. The molecule has 0 aliphatic carbocycles. The van der Waals surface area contributed by atoms with Gasteiger partial charge in [0.05, 0.1) is 16.5 Å². The van der Waals surface area contributed by atoms with Gasteiger partial charge in [0.25, 0.3) is 0 Å². The van der Waals surface area contributed by atoms with Crippen molar-refractivity contribution in [2.45, 2.75) is 5.03 Å². The summed E-state index contributed by atoms with van der Waals surface area (Å²) in [6.07, 6.45) is 3.13. The van der Waals surface area contributed by atoms with Crippen LogP contribution in [0.1, 0.15) is 0 Å². The number of anilines is 1. The molecule has 1 aromatic heterocycles. The first-order valence-corrected chi connectivity index (χ1v) is 4.31. The van der Waals surface area contributed by atoms with E-state index in [4.69, 9.17) is 5.73 Å². The number of hydrogen-bond acceptors (Lipinski definition) is 3. The molecule has 1 atom stereocenters. The molecule has 0 saturated heterocycles. The van der Waals surface area contributed by atoms with Gasteiger partial charge in [-0.2, -0.15) is 0 Å². The Labute approximate surface area is 61.7 Å². The first-order valence-electron chi connectivity index (χ1n) is 2.75. The van der Waals surface area contributed by atoms with Crippen LogP contribution < -0.4 is 5.73 Å². The highest BCUT2D eigenvalue weighted by Gasteiger charge is 2.01. The molecule has 0 amide bonds. The van der Waals surface area contributed by atoms with Crippen LogP contribution in [0.5, 0.6) is 0 Å². The third kappa shape index (κ3) is 1.33. The van der Waals surface area contributed by atoms with Gasteiger partial charge >= 0.3 is 0 Å². The Bertz CT molecular complexity index is 262. The second-order valence-corrected chi connectivity index (χ2v) is 3.15. The van der Waals surface area contributed by atoms with Crippen molar-refractivity contribution >= 4 is 16.5 Å². The molecule has 54 valence electrons. The lowest BCUT2D eigenvalue weighted by atomic mass is 10.4. The molecule has 1 aromatic rings. The first-order chi connectivity index (χ1) is 4.72. The predicted molar refractivity (Wildman–Crippen MR) is 41.0 cm³/mol. The molecule has 2 N–H and O–H groups in total. The van der Waals surface area contributed by atoms with E-state index in [1.165, 1.54) is 0 Å². The molecule has 0 aliphatic heterocycles. The van der Waals surface area contributed by atoms with E-state index in [1.807, 2.05) is 0 Å². The third-order valence-corrected chi connectivity index (χ3v) is 1.96. The lowest BCUT2D eigenvalue weighted by Gasteiger charge is -1.97. The van der Waals surface area contributed by atoms with Crippen LogP contribution in [0.25, 0.3) is 0 Å². The number of nitrogens with two attached hydrogens (primary N) is 1. The summed E-state index contributed by atoms with van der Waals surface area (Å²) in [5, 5.41) is 0.461. The summed E-state index contributed by atoms with van der Waals surface area (Å²) >= 11 is 0. The topological polar surface area (TPSA) is 56.0 Å². The molecule has 3 nitrogen and oxygen atoms in total. The molecule has 1 rings (SSSR count). The number of rotatable bonds is 1. The number of pyridine rings is 1. The zero-order valence-corrected chi connectivity index (χ0v) is 6.39. The van der Waals surface area contributed by atoms with E-state index in [0.717, 1.165) is 0 Å². The van der Waals surface area contributed by atoms with Crippen LogP contribution in [0, 0.1) is 0 Å². The lowest BCUT2D eigenvalue weighted by molar-refractivity contribution is 0.684. The Morgan fingerprint density at radius 2 is 2.40 bits per heavy atom. The number of aromatic nitrogens is 1. The molecule has 0 spiro atoms. The molecule has 0 radical (unpaired) electrons. The zero-order chi connectivity index (χ0) is 7.56. The summed E-state index contributed by atoms with van der Waals surface area (Å²) in [4.78, 5) is 3.85. The van der Waals surface area contributed by atoms with Gasteiger partial charge in [0.2, 0.25) is 0 Å². The molecule has 0 aromatic carbocycles. The largest absolute Gasteiger partial charge is 0.396 e. The quantitative estimate of drug-likeness (QED) is 0.640. The molecule has 0 fully saturated rings. The highest BCUT2D eigenvalue weighted by atomic mass is 32.2. The van der Waals surface area contributed by atoms with Crippen LogP contribution in [0.4, 0.5) is 5.69 Å². The number of hydrogen-bond donors (Lipinski definition) is 1. The highest BCUT2D eigenvalue weighted by molar-refractivity contribution is 7.84. The van der Waals surface area contributed by atoms with E-state index in [0.29, 0.717) is 10.7 Å². The first kappa shape index (κ1) is 7.21. The van der Waals surface area contributed by atoms with Gasteiger partial charge in [-0.1, -0.05) is 0 Å². The fourth-order valence-corrected chi connectivity index (χ4v) is 1.25. The van der Waals surface area contributed by atoms with Crippen molar-refractivity contribution in [1.29, 1.82) is 0 Å². The number of nitrogens with zero attached hydrogens (tertiary/aromatic N) is 1. The van der Waals surface area contributed by atoms with Crippen molar-refractivity contribution < 1.29 is 4.21 Å². The van der Waals surface area contributed by atoms with Gasteiger partial charge in [-0.15, -0.1) is 0 Å². The van der Waals surface area contributed by atoms with Crippen molar-refractivity contribution in [3.63, 3.8) is 0 Å². The van der Waals surface area contributed by atoms with E-state index < -0.39 is 10.8 Å². The zero-order valence-electron chi connectivity index (χ0n) is 5.57. The van der Waals surface area contributed by atoms with Crippen molar-refractivity contribution in [2.75, 3.05) is 12.0 Å². The molecular formula is C6H8N2OS. The fraction of sp³-hybridized carbons (Fsp3) is 0.167. The van der Waals surface area contributed by atoms with Crippen LogP contribution in [-0.2, 0) is 10.8 Å². The van der Waals surface area contributed by atoms with Gasteiger partial charge in [0.1, 0.15) is 5.03 Å². The third-order valence-electron chi connectivity index (χ3n) is 1.07. The minimum absolute atomic E-state index is 0.461. The van der Waals surface area contributed by atoms with Gasteiger partial charge in [0.15, 0.2) is 0 Å². The van der Waals surface area contributed by atoms with Gasteiger partial charge in [-0.25, -0.2) is 4.98 Å². The SMILES string of the molecule is CS(=O)c1ncccc1N. The van der Waals surface area contributed by atoms with Crippen molar-refractivity contribution in [1.82, 2.24) is 4.98 Å². The Morgan fingerprint density at radius 1 is 1.70 bits per heavy atom. The van der Waals surface area contributed by atoms with Crippen LogP contribution in [-0.4, -0.2) is 15.4 Å². The van der Waals surface area contributed by atoms with E-state index >= 15 is 0 Å². The second-order valence-electron chi connectivity index (χ2n) is 1.85. The molecule has 1 unspecified atom stereocenters. The minimum Gasteiger partial charge on any atom is -0.396 e. The maximum atomic E-state index is 10.8.